The molecular formula is C4H10AlBr2N. The fourth-order valence-corrected chi connectivity index (χ4v) is 0.224. The molecule has 48 valence electrons. The van der Waals surface area contributed by atoms with Crippen LogP contribution in [-0.2, 0) is 0 Å². The van der Waals surface area contributed by atoms with Gasteiger partial charge in [0.15, 0.2) is 0 Å². The van der Waals surface area contributed by atoms with E-state index in [1.54, 1.807) is 0 Å². The zero-order valence-electron chi connectivity index (χ0n) is 5.19. The molecule has 4 heteroatoms. The van der Waals surface area contributed by atoms with Gasteiger partial charge in [0.25, 0.3) is 0 Å². The van der Waals surface area contributed by atoms with E-state index in [-0.39, 0.29) is 34.0 Å². The topological polar surface area (TPSA) is 3.24 Å². The average Bonchev–Trinajstić information content (AvgIpc) is 1.65. The molecule has 0 spiro atoms. The Morgan fingerprint density at radius 1 is 1.12 bits per heavy atom. The standard InChI is InChI=1S/C4H10N.Al.2BrH/c1-3-5-4-2;;;/h3-4H2,1-2H3;;2*1H/q-1;+3;;/p-2. The second-order valence-electron chi connectivity index (χ2n) is 1.22. The Kier molecular flexibility index (Phi) is 22.9. The van der Waals surface area contributed by atoms with Crippen LogP contribution in [0, 0.1) is 0 Å². The van der Waals surface area contributed by atoms with Gasteiger partial charge >= 0.3 is 47.3 Å². The largest absolute Gasteiger partial charge is 1.00 e. The van der Waals surface area contributed by atoms with Gasteiger partial charge in [0.05, 0.1) is 0 Å². The fourth-order valence-electron chi connectivity index (χ4n) is 0.224. The Morgan fingerprint density at radius 3 is 1.38 bits per heavy atom. The van der Waals surface area contributed by atoms with Crippen molar-refractivity contribution in [3.63, 3.8) is 0 Å². The Labute approximate surface area is 81.0 Å². The smallest absolute Gasteiger partial charge is 1.00 e. The van der Waals surface area contributed by atoms with E-state index in [1.807, 2.05) is 0 Å². The third-order valence-electron chi connectivity index (χ3n) is 0.812. The monoisotopic (exact) mass is 257 g/mol. The van der Waals surface area contributed by atoms with Crippen molar-refractivity contribution in [2.24, 2.45) is 0 Å². The molecule has 0 heterocycles. The van der Waals surface area contributed by atoms with Crippen LogP contribution in [0.1, 0.15) is 13.8 Å². The molecule has 0 rings (SSSR count). The molecule has 0 amide bonds. The molecule has 0 aliphatic rings. The van der Waals surface area contributed by atoms with E-state index >= 15 is 0 Å². The molecule has 0 N–H and O–H groups in total. The summed E-state index contributed by atoms with van der Waals surface area (Å²) in [6.07, 6.45) is 0. The van der Waals surface area contributed by atoms with E-state index < -0.39 is 0 Å². The maximum atomic E-state index is 2.64. The molecule has 0 fully saturated rings. The Balaban J connectivity index is -0.000000125. The zero-order valence-corrected chi connectivity index (χ0v) is 9.52. The molecule has 0 aromatic rings. The van der Waals surface area contributed by atoms with Crippen LogP contribution in [0.15, 0.2) is 0 Å². The van der Waals surface area contributed by atoms with E-state index in [2.05, 4.69) is 34.2 Å². The third kappa shape index (κ3) is 10.4. The van der Waals surface area contributed by atoms with Crippen molar-refractivity contribution in [1.29, 1.82) is 0 Å². The molecule has 0 aliphatic carbocycles. The van der Waals surface area contributed by atoms with Crippen LogP contribution in [0.2, 0.25) is 0 Å². The van der Waals surface area contributed by atoms with Crippen LogP contribution in [0.3, 0.4) is 0 Å². The Bertz CT molecular complexity index is 33.2. The molecule has 0 unspecified atom stereocenters. The van der Waals surface area contributed by atoms with Crippen LogP contribution in [0.25, 0.3) is 0 Å². The van der Waals surface area contributed by atoms with Crippen molar-refractivity contribution in [1.82, 2.24) is 3.88 Å². The maximum absolute atomic E-state index is 2.64. The van der Waals surface area contributed by atoms with Gasteiger partial charge in [-0.3, -0.25) is 0 Å². The summed E-state index contributed by atoms with van der Waals surface area (Å²) in [7, 11) is 0. The number of halogens is 2. The molecule has 0 radical (unpaired) electrons. The van der Waals surface area contributed by atoms with Crippen molar-refractivity contribution in [3.05, 3.63) is 0 Å². The SMILES string of the molecule is CC[N]([Al+2])CC.[Br-].[Br-]. The minimum absolute atomic E-state index is 0. The van der Waals surface area contributed by atoms with E-state index in [0.717, 1.165) is 13.1 Å². The predicted octanol–water partition coefficient (Wildman–Crippen LogP) is -5.58. The fraction of sp³-hybridized carbons (Fsp3) is 1.00. The van der Waals surface area contributed by atoms with Crippen molar-refractivity contribution in [2.75, 3.05) is 13.1 Å². The zero-order chi connectivity index (χ0) is 4.99. The quantitative estimate of drug-likeness (QED) is 0.447. The van der Waals surface area contributed by atoms with Crippen LogP contribution in [0.5, 0.6) is 0 Å². The van der Waals surface area contributed by atoms with Gasteiger partial charge in [0.2, 0.25) is 0 Å². The van der Waals surface area contributed by atoms with Gasteiger partial charge in [-0.15, -0.1) is 0 Å². The molecule has 0 aliphatic heterocycles. The van der Waals surface area contributed by atoms with Crippen molar-refractivity contribution < 1.29 is 34.0 Å². The number of nitrogens with zero attached hydrogens (tertiary/aromatic N) is 1. The first-order chi connectivity index (χ1) is 2.81. The molecule has 0 atom stereocenters. The first-order valence-corrected chi connectivity index (χ1v) is 2.82. The molecule has 0 aromatic heterocycles. The Morgan fingerprint density at radius 2 is 1.38 bits per heavy atom. The van der Waals surface area contributed by atoms with Crippen LogP contribution in [0.4, 0.5) is 0 Å². The summed E-state index contributed by atoms with van der Waals surface area (Å²) < 4.78 is 2.17. The summed E-state index contributed by atoms with van der Waals surface area (Å²) in [5.41, 5.74) is 0. The van der Waals surface area contributed by atoms with Crippen molar-refractivity contribution >= 4 is 16.5 Å². The second-order valence-corrected chi connectivity index (χ2v) is 1.95. The summed E-state index contributed by atoms with van der Waals surface area (Å²) in [4.78, 5) is 0. The summed E-state index contributed by atoms with van der Waals surface area (Å²) in [6, 6.07) is 0. The minimum atomic E-state index is 0. The third-order valence-corrected chi connectivity index (χ3v) is 1.54. The number of rotatable bonds is 2. The van der Waals surface area contributed by atoms with Gasteiger partial charge in [-0.2, -0.15) is 0 Å². The second kappa shape index (κ2) is 11.3. The average molecular weight is 259 g/mol. The molecule has 0 saturated heterocycles. The normalized spacial score (nSPS) is 7.62. The van der Waals surface area contributed by atoms with Gasteiger partial charge in [-0.25, -0.2) is 0 Å². The molecule has 8 heavy (non-hydrogen) atoms. The van der Waals surface area contributed by atoms with Gasteiger partial charge in [-0.05, 0) is 0 Å². The predicted molar refractivity (Wildman–Crippen MR) is 28.7 cm³/mol. The molecule has 0 saturated carbocycles. The molecular weight excluding hydrogens is 249 g/mol. The van der Waals surface area contributed by atoms with Crippen molar-refractivity contribution in [2.45, 2.75) is 13.8 Å². The van der Waals surface area contributed by atoms with Crippen LogP contribution in [-0.4, -0.2) is 33.5 Å². The Hall–Kier alpha value is 1.45. The van der Waals surface area contributed by atoms with Gasteiger partial charge in [-0.1, -0.05) is 0 Å². The summed E-state index contributed by atoms with van der Waals surface area (Å²) in [6.45, 7) is 6.52. The van der Waals surface area contributed by atoms with Crippen LogP contribution >= 0.6 is 0 Å². The van der Waals surface area contributed by atoms with E-state index in [0.29, 0.717) is 0 Å². The van der Waals surface area contributed by atoms with Gasteiger partial charge in [0.1, 0.15) is 0 Å². The molecule has 1 nitrogen and oxygen atoms in total. The van der Waals surface area contributed by atoms with Crippen molar-refractivity contribution in [3.8, 4) is 0 Å². The molecule has 0 bridgehead atoms. The first-order valence-electron chi connectivity index (χ1n) is 2.30. The summed E-state index contributed by atoms with van der Waals surface area (Å²) in [5.74, 6) is 0. The van der Waals surface area contributed by atoms with E-state index in [9.17, 15) is 0 Å². The van der Waals surface area contributed by atoms with Crippen LogP contribution < -0.4 is 34.0 Å². The van der Waals surface area contributed by atoms with Gasteiger partial charge < -0.3 is 34.0 Å². The number of hydrogen-bond donors (Lipinski definition) is 0. The number of hydrogen-bond acceptors (Lipinski definition) is 1. The van der Waals surface area contributed by atoms with Gasteiger partial charge in [0, 0.05) is 0 Å². The van der Waals surface area contributed by atoms with E-state index in [1.165, 1.54) is 0 Å². The molecule has 0 aromatic carbocycles. The first kappa shape index (κ1) is 16.2. The minimum Gasteiger partial charge on any atom is -1.00 e. The summed E-state index contributed by atoms with van der Waals surface area (Å²) >= 11 is 2.64. The van der Waals surface area contributed by atoms with E-state index in [4.69, 9.17) is 0 Å². The summed E-state index contributed by atoms with van der Waals surface area (Å²) in [5, 5.41) is 0. The maximum Gasteiger partial charge on any atom is -1.00 e.